The summed E-state index contributed by atoms with van der Waals surface area (Å²) in [4.78, 5) is 13.7. The maximum absolute atomic E-state index is 12.8. The van der Waals surface area contributed by atoms with Gasteiger partial charge in [-0.25, -0.2) is 9.98 Å². The zero-order chi connectivity index (χ0) is 20.2. The second kappa shape index (κ2) is 8.37. The maximum Gasteiger partial charge on any atom is 0.433 e. The molecule has 0 saturated carbocycles. The van der Waals surface area contributed by atoms with Crippen LogP contribution in [0.25, 0.3) is 0 Å². The van der Waals surface area contributed by atoms with Crippen LogP contribution in [-0.2, 0) is 6.18 Å². The zero-order valence-corrected chi connectivity index (χ0v) is 16.0. The summed E-state index contributed by atoms with van der Waals surface area (Å²) in [5.41, 5.74) is 1.38. The van der Waals surface area contributed by atoms with Crippen LogP contribution >= 0.6 is 0 Å². The van der Waals surface area contributed by atoms with E-state index >= 15 is 0 Å². The summed E-state index contributed by atoms with van der Waals surface area (Å²) in [5, 5.41) is 0. The minimum absolute atomic E-state index is 0.0734. The van der Waals surface area contributed by atoms with Crippen molar-refractivity contribution in [3.8, 4) is 11.8 Å². The Labute approximate surface area is 156 Å². The SMILES string of the molecule is CCN(C)C=Nc1cc(C(C)C)c(Oc2nccc(C(F)(F)F)n2)cc1C. The van der Waals surface area contributed by atoms with Gasteiger partial charge < -0.3 is 9.64 Å². The smallest absolute Gasteiger partial charge is 0.424 e. The molecule has 0 aliphatic carbocycles. The minimum Gasteiger partial charge on any atom is -0.424 e. The predicted molar refractivity (Wildman–Crippen MR) is 98.8 cm³/mol. The van der Waals surface area contributed by atoms with E-state index in [9.17, 15) is 13.2 Å². The molecular formula is C19H23F3N4O. The molecule has 0 N–H and O–H groups in total. The number of halogens is 3. The van der Waals surface area contributed by atoms with Crippen molar-refractivity contribution in [3.63, 3.8) is 0 Å². The molecule has 1 heterocycles. The van der Waals surface area contributed by atoms with Crippen molar-refractivity contribution in [3.05, 3.63) is 41.2 Å². The Morgan fingerprint density at radius 3 is 2.59 bits per heavy atom. The average Bonchev–Trinajstić information content (AvgIpc) is 2.60. The number of aromatic nitrogens is 2. The Hall–Kier alpha value is -2.64. The third-order valence-corrected chi connectivity index (χ3v) is 3.97. The highest BCUT2D eigenvalue weighted by Gasteiger charge is 2.33. The molecule has 0 unspecified atom stereocenters. The van der Waals surface area contributed by atoms with Gasteiger partial charge in [-0.1, -0.05) is 13.8 Å². The Kier molecular flexibility index (Phi) is 6.41. The highest BCUT2D eigenvalue weighted by molar-refractivity contribution is 5.65. The van der Waals surface area contributed by atoms with Gasteiger partial charge in [-0.05, 0) is 49.1 Å². The Bertz CT molecular complexity index is 819. The van der Waals surface area contributed by atoms with Gasteiger partial charge >= 0.3 is 12.2 Å². The number of hydrogen-bond donors (Lipinski definition) is 0. The normalized spacial score (nSPS) is 12.0. The molecule has 0 aliphatic heterocycles. The number of alkyl halides is 3. The fourth-order valence-corrected chi connectivity index (χ4v) is 2.25. The molecule has 0 fully saturated rings. The molecule has 0 bridgehead atoms. The van der Waals surface area contributed by atoms with Crippen LogP contribution in [0.4, 0.5) is 18.9 Å². The van der Waals surface area contributed by atoms with Crippen molar-refractivity contribution < 1.29 is 17.9 Å². The first-order valence-corrected chi connectivity index (χ1v) is 8.58. The van der Waals surface area contributed by atoms with E-state index in [1.807, 2.05) is 45.7 Å². The number of aliphatic imine (C=N–C) groups is 1. The highest BCUT2D eigenvalue weighted by atomic mass is 19.4. The summed E-state index contributed by atoms with van der Waals surface area (Å²) in [6.07, 6.45) is -1.78. The summed E-state index contributed by atoms with van der Waals surface area (Å²) in [6.45, 7) is 8.65. The molecule has 0 aliphatic rings. The third kappa shape index (κ3) is 5.42. The van der Waals surface area contributed by atoms with Crippen LogP contribution in [0, 0.1) is 6.92 Å². The standard InChI is InChI=1S/C19H23F3N4O/c1-6-26(5)11-24-15-10-14(12(2)3)16(9-13(15)4)27-18-23-8-7-17(25-18)19(20,21)22/h7-12H,6H2,1-5H3. The van der Waals surface area contributed by atoms with E-state index < -0.39 is 11.9 Å². The van der Waals surface area contributed by atoms with Crippen LogP contribution in [0.5, 0.6) is 11.8 Å². The van der Waals surface area contributed by atoms with Crippen molar-refractivity contribution in [1.29, 1.82) is 0 Å². The first-order valence-electron chi connectivity index (χ1n) is 8.58. The van der Waals surface area contributed by atoms with Gasteiger partial charge in [-0.2, -0.15) is 18.2 Å². The Balaban J connectivity index is 2.40. The lowest BCUT2D eigenvalue weighted by molar-refractivity contribution is -0.141. The molecule has 2 aromatic rings. The second-order valence-corrected chi connectivity index (χ2v) is 6.47. The van der Waals surface area contributed by atoms with Crippen molar-refractivity contribution in [2.24, 2.45) is 4.99 Å². The molecule has 8 heteroatoms. The van der Waals surface area contributed by atoms with Gasteiger partial charge in [0, 0.05) is 19.8 Å². The fourth-order valence-electron chi connectivity index (χ4n) is 2.25. The van der Waals surface area contributed by atoms with E-state index in [2.05, 4.69) is 15.0 Å². The molecule has 1 aromatic carbocycles. The van der Waals surface area contributed by atoms with Gasteiger partial charge in [0.05, 0.1) is 12.0 Å². The number of hydrogen-bond acceptors (Lipinski definition) is 4. The lowest BCUT2D eigenvalue weighted by Crippen LogP contribution is -2.14. The van der Waals surface area contributed by atoms with Crippen molar-refractivity contribution in [2.75, 3.05) is 13.6 Å². The monoisotopic (exact) mass is 380 g/mol. The fraction of sp³-hybridized carbons (Fsp3) is 0.421. The van der Waals surface area contributed by atoms with E-state index in [1.54, 1.807) is 12.4 Å². The van der Waals surface area contributed by atoms with Crippen LogP contribution in [0.3, 0.4) is 0 Å². The van der Waals surface area contributed by atoms with Gasteiger partial charge in [-0.3, -0.25) is 0 Å². The summed E-state index contributed by atoms with van der Waals surface area (Å²) < 4.78 is 44.1. The van der Waals surface area contributed by atoms with E-state index in [-0.39, 0.29) is 11.9 Å². The predicted octanol–water partition coefficient (Wildman–Crippen LogP) is 5.33. The van der Waals surface area contributed by atoms with Crippen LogP contribution in [-0.4, -0.2) is 34.8 Å². The summed E-state index contributed by atoms with van der Waals surface area (Å²) in [6, 6.07) is 4.09. The Morgan fingerprint density at radius 1 is 1.30 bits per heavy atom. The first kappa shape index (κ1) is 20.7. The molecule has 0 spiro atoms. The van der Waals surface area contributed by atoms with Crippen LogP contribution < -0.4 is 4.74 Å². The van der Waals surface area contributed by atoms with E-state index in [0.717, 1.165) is 35.6 Å². The van der Waals surface area contributed by atoms with Gasteiger partial charge in [0.1, 0.15) is 5.75 Å². The Morgan fingerprint density at radius 2 is 2.00 bits per heavy atom. The lowest BCUT2D eigenvalue weighted by atomic mass is 9.99. The zero-order valence-electron chi connectivity index (χ0n) is 16.0. The molecule has 0 radical (unpaired) electrons. The molecule has 5 nitrogen and oxygen atoms in total. The number of nitrogens with zero attached hydrogens (tertiary/aromatic N) is 4. The molecular weight excluding hydrogens is 357 g/mol. The molecule has 27 heavy (non-hydrogen) atoms. The van der Waals surface area contributed by atoms with Crippen LogP contribution in [0.1, 0.15) is 43.5 Å². The van der Waals surface area contributed by atoms with Crippen molar-refractivity contribution in [2.45, 2.75) is 39.8 Å². The van der Waals surface area contributed by atoms with E-state index in [1.165, 1.54) is 0 Å². The summed E-state index contributed by atoms with van der Waals surface area (Å²) in [5.74, 6) is 0.494. The molecule has 0 saturated heterocycles. The lowest BCUT2D eigenvalue weighted by Gasteiger charge is -2.16. The summed E-state index contributed by atoms with van der Waals surface area (Å²) >= 11 is 0. The number of ether oxygens (including phenoxy) is 1. The minimum atomic E-state index is -4.55. The van der Waals surface area contributed by atoms with Gasteiger partial charge in [0.2, 0.25) is 0 Å². The topological polar surface area (TPSA) is 50.6 Å². The highest BCUT2D eigenvalue weighted by Crippen LogP contribution is 2.36. The average molecular weight is 380 g/mol. The third-order valence-electron chi connectivity index (χ3n) is 3.97. The van der Waals surface area contributed by atoms with Crippen LogP contribution in [0.15, 0.2) is 29.4 Å². The van der Waals surface area contributed by atoms with Crippen LogP contribution in [0.2, 0.25) is 0 Å². The van der Waals surface area contributed by atoms with Crippen molar-refractivity contribution in [1.82, 2.24) is 14.9 Å². The second-order valence-electron chi connectivity index (χ2n) is 6.47. The quantitative estimate of drug-likeness (QED) is 0.502. The number of benzene rings is 1. The van der Waals surface area contributed by atoms with Gasteiger partial charge in [0.15, 0.2) is 5.69 Å². The largest absolute Gasteiger partial charge is 0.433 e. The van der Waals surface area contributed by atoms with E-state index in [0.29, 0.717) is 5.75 Å². The number of rotatable bonds is 6. The molecule has 1 aromatic heterocycles. The van der Waals surface area contributed by atoms with Crippen molar-refractivity contribution >= 4 is 12.0 Å². The van der Waals surface area contributed by atoms with E-state index in [4.69, 9.17) is 4.74 Å². The molecule has 0 amide bonds. The number of aryl methyl sites for hydroxylation is 1. The maximum atomic E-state index is 12.8. The molecule has 2 rings (SSSR count). The summed E-state index contributed by atoms with van der Waals surface area (Å²) in [7, 11) is 1.92. The molecule has 0 atom stereocenters. The van der Waals surface area contributed by atoms with Gasteiger partial charge in [-0.15, -0.1) is 0 Å². The van der Waals surface area contributed by atoms with Gasteiger partial charge in [0.25, 0.3) is 0 Å². The molecule has 146 valence electrons. The first-order chi connectivity index (χ1) is 12.6.